The van der Waals surface area contributed by atoms with E-state index in [1.165, 1.54) is 42.5 Å². The number of carbonyl (C=O) groups is 1. The first-order chi connectivity index (χ1) is 11.9. The van der Waals surface area contributed by atoms with Crippen molar-refractivity contribution in [3.8, 4) is 11.8 Å². The van der Waals surface area contributed by atoms with Crippen LogP contribution in [-0.2, 0) is 4.79 Å². The largest absolute Gasteiger partial charge is 0.506 e. The van der Waals surface area contributed by atoms with Gasteiger partial charge in [0.05, 0.1) is 10.6 Å². The fourth-order valence-corrected chi connectivity index (χ4v) is 1.96. The van der Waals surface area contributed by atoms with Gasteiger partial charge in [-0.1, -0.05) is 11.6 Å². The van der Waals surface area contributed by atoms with E-state index >= 15 is 0 Å². The fourth-order valence-electron chi connectivity index (χ4n) is 1.79. The van der Waals surface area contributed by atoms with E-state index in [0.29, 0.717) is 10.7 Å². The quantitative estimate of drug-likeness (QED) is 0.247. The molecular weight excluding hydrogens is 348 g/mol. The molecule has 8 nitrogen and oxygen atoms in total. The number of rotatable bonds is 5. The lowest BCUT2D eigenvalue weighted by molar-refractivity contribution is -0.384. The van der Waals surface area contributed by atoms with Crippen LogP contribution in [0.4, 0.5) is 17.1 Å². The van der Waals surface area contributed by atoms with Gasteiger partial charge in [0, 0.05) is 29.0 Å². The Morgan fingerprint density at radius 1 is 1.28 bits per heavy atom. The molecule has 25 heavy (non-hydrogen) atoms. The van der Waals surface area contributed by atoms with E-state index in [1.807, 2.05) is 0 Å². The second-order valence-electron chi connectivity index (χ2n) is 4.73. The zero-order valence-corrected chi connectivity index (χ0v) is 13.3. The molecule has 0 bridgehead atoms. The van der Waals surface area contributed by atoms with Crippen molar-refractivity contribution in [2.24, 2.45) is 0 Å². The molecule has 0 atom stereocenters. The summed E-state index contributed by atoms with van der Waals surface area (Å²) in [4.78, 5) is 22.1. The second kappa shape index (κ2) is 7.81. The summed E-state index contributed by atoms with van der Waals surface area (Å²) in [5.74, 6) is -0.820. The van der Waals surface area contributed by atoms with Gasteiger partial charge in [-0.15, -0.1) is 0 Å². The van der Waals surface area contributed by atoms with Crippen LogP contribution in [0.3, 0.4) is 0 Å². The summed E-state index contributed by atoms with van der Waals surface area (Å²) in [6, 6.07) is 11.2. The minimum absolute atomic E-state index is 0.103. The lowest BCUT2D eigenvalue weighted by Crippen LogP contribution is -2.14. The third-order valence-electron chi connectivity index (χ3n) is 3.03. The molecule has 1 amide bonds. The number of aromatic hydroxyl groups is 1. The number of phenols is 1. The van der Waals surface area contributed by atoms with E-state index < -0.39 is 10.8 Å². The normalized spacial score (nSPS) is 10.6. The number of benzene rings is 2. The highest BCUT2D eigenvalue weighted by molar-refractivity contribution is 6.30. The van der Waals surface area contributed by atoms with E-state index in [1.54, 1.807) is 6.07 Å². The topological polar surface area (TPSA) is 128 Å². The van der Waals surface area contributed by atoms with Crippen molar-refractivity contribution in [3.05, 3.63) is 69.4 Å². The van der Waals surface area contributed by atoms with Gasteiger partial charge < -0.3 is 15.7 Å². The van der Waals surface area contributed by atoms with Crippen LogP contribution in [-0.4, -0.2) is 15.9 Å². The van der Waals surface area contributed by atoms with Gasteiger partial charge in [-0.3, -0.25) is 14.9 Å². The molecule has 2 aromatic rings. The van der Waals surface area contributed by atoms with Crippen molar-refractivity contribution in [1.29, 1.82) is 5.26 Å². The Morgan fingerprint density at radius 3 is 2.56 bits per heavy atom. The molecule has 0 aliphatic rings. The summed E-state index contributed by atoms with van der Waals surface area (Å²) in [6.07, 6.45) is 1.12. The highest BCUT2D eigenvalue weighted by Crippen LogP contribution is 2.26. The molecular formula is C16H11ClN4O4. The van der Waals surface area contributed by atoms with Gasteiger partial charge in [-0.05, 0) is 30.3 Å². The molecule has 0 aliphatic carbocycles. The second-order valence-corrected chi connectivity index (χ2v) is 5.17. The molecule has 0 fully saturated rings. The first-order valence-corrected chi connectivity index (χ1v) is 7.19. The van der Waals surface area contributed by atoms with E-state index in [0.717, 1.165) is 6.20 Å². The average Bonchev–Trinajstić information content (AvgIpc) is 2.58. The number of nitro groups is 1. The summed E-state index contributed by atoms with van der Waals surface area (Å²) in [7, 11) is 0. The predicted molar refractivity (Wildman–Crippen MR) is 92.2 cm³/mol. The Balaban J connectivity index is 2.11. The van der Waals surface area contributed by atoms with Crippen LogP contribution >= 0.6 is 11.6 Å². The van der Waals surface area contributed by atoms with Gasteiger partial charge in [0.1, 0.15) is 17.4 Å². The number of hydrogen-bond acceptors (Lipinski definition) is 6. The molecule has 0 aliphatic heterocycles. The Labute approximate surface area is 147 Å². The Morgan fingerprint density at radius 2 is 1.96 bits per heavy atom. The van der Waals surface area contributed by atoms with E-state index in [2.05, 4.69) is 10.6 Å². The fraction of sp³-hybridized carbons (Fsp3) is 0. The van der Waals surface area contributed by atoms with E-state index in [-0.39, 0.29) is 22.7 Å². The monoisotopic (exact) mass is 358 g/mol. The highest BCUT2D eigenvalue weighted by Gasteiger charge is 2.11. The molecule has 0 unspecified atom stereocenters. The van der Waals surface area contributed by atoms with Gasteiger partial charge in [0.25, 0.3) is 11.6 Å². The number of nitrogens with one attached hydrogen (secondary N) is 2. The Hall–Kier alpha value is -3.57. The number of nitro benzene ring substituents is 1. The summed E-state index contributed by atoms with van der Waals surface area (Å²) >= 11 is 5.81. The van der Waals surface area contributed by atoms with Crippen molar-refractivity contribution < 1.29 is 14.8 Å². The molecule has 3 N–H and O–H groups in total. The van der Waals surface area contributed by atoms with Gasteiger partial charge in [0.15, 0.2) is 0 Å². The summed E-state index contributed by atoms with van der Waals surface area (Å²) < 4.78 is 0. The minimum atomic E-state index is -0.717. The van der Waals surface area contributed by atoms with Crippen LogP contribution < -0.4 is 10.6 Å². The first kappa shape index (κ1) is 17.8. The zero-order chi connectivity index (χ0) is 18.4. The highest BCUT2D eigenvalue weighted by atomic mass is 35.5. The summed E-state index contributed by atoms with van der Waals surface area (Å²) in [5, 5.41) is 34.8. The standard InChI is InChI=1S/C16H11ClN4O4/c17-11-1-6-15(22)14(7-11)19-9-10(8-18)16(23)20-12-2-4-13(5-3-12)21(24)25/h1-7,9,19,22H,(H,20,23)/b10-9-. The van der Waals surface area contributed by atoms with Crippen LogP contribution in [0.25, 0.3) is 0 Å². The number of non-ortho nitro benzene ring substituents is 1. The zero-order valence-electron chi connectivity index (χ0n) is 12.6. The minimum Gasteiger partial charge on any atom is -0.506 e. The smallest absolute Gasteiger partial charge is 0.269 e. The molecule has 126 valence electrons. The summed E-state index contributed by atoms with van der Waals surface area (Å²) in [5.41, 5.74) is 0.135. The lowest BCUT2D eigenvalue weighted by Gasteiger charge is -2.06. The van der Waals surface area contributed by atoms with Crippen LogP contribution in [0.2, 0.25) is 5.02 Å². The molecule has 0 heterocycles. The molecule has 0 spiro atoms. The van der Waals surface area contributed by atoms with Crippen LogP contribution in [0, 0.1) is 21.4 Å². The number of amides is 1. The van der Waals surface area contributed by atoms with Crippen molar-refractivity contribution >= 4 is 34.6 Å². The van der Waals surface area contributed by atoms with Crippen LogP contribution in [0.15, 0.2) is 54.2 Å². The van der Waals surface area contributed by atoms with Gasteiger partial charge in [0.2, 0.25) is 0 Å². The van der Waals surface area contributed by atoms with Crippen molar-refractivity contribution in [3.63, 3.8) is 0 Å². The summed E-state index contributed by atoms with van der Waals surface area (Å²) in [6.45, 7) is 0. The first-order valence-electron chi connectivity index (χ1n) is 6.82. The van der Waals surface area contributed by atoms with Crippen molar-refractivity contribution in [1.82, 2.24) is 0 Å². The molecule has 0 aromatic heterocycles. The lowest BCUT2D eigenvalue weighted by atomic mass is 10.2. The molecule has 0 radical (unpaired) electrons. The Bertz CT molecular complexity index is 888. The van der Waals surface area contributed by atoms with E-state index in [4.69, 9.17) is 16.9 Å². The number of hydrogen-bond donors (Lipinski definition) is 3. The number of halogens is 1. The third kappa shape index (κ3) is 4.70. The Kier molecular flexibility index (Phi) is 5.55. The average molecular weight is 359 g/mol. The molecule has 2 rings (SSSR count). The van der Waals surface area contributed by atoms with Crippen LogP contribution in [0.5, 0.6) is 5.75 Å². The maximum Gasteiger partial charge on any atom is 0.269 e. The maximum atomic E-state index is 12.1. The number of nitriles is 1. The van der Waals surface area contributed by atoms with Gasteiger partial charge in [-0.25, -0.2) is 0 Å². The molecule has 0 saturated carbocycles. The molecule has 9 heteroatoms. The molecule has 2 aromatic carbocycles. The number of carbonyl (C=O) groups excluding carboxylic acids is 1. The third-order valence-corrected chi connectivity index (χ3v) is 3.27. The van der Waals surface area contributed by atoms with Crippen LogP contribution in [0.1, 0.15) is 0 Å². The number of phenolic OH excluding ortho intramolecular Hbond substituents is 1. The number of nitrogens with zero attached hydrogens (tertiary/aromatic N) is 2. The van der Waals surface area contributed by atoms with Crippen molar-refractivity contribution in [2.45, 2.75) is 0 Å². The number of anilines is 2. The van der Waals surface area contributed by atoms with Gasteiger partial charge in [-0.2, -0.15) is 5.26 Å². The molecule has 0 saturated heterocycles. The SMILES string of the molecule is N#C/C(=C/Nc1cc(Cl)ccc1O)C(=O)Nc1ccc([N+](=O)[O-])cc1. The van der Waals surface area contributed by atoms with Gasteiger partial charge >= 0.3 is 0 Å². The predicted octanol–water partition coefficient (Wildman–Crippen LogP) is 3.41. The van der Waals surface area contributed by atoms with E-state index in [9.17, 15) is 20.0 Å². The maximum absolute atomic E-state index is 12.1. The van der Waals surface area contributed by atoms with Crippen molar-refractivity contribution in [2.75, 3.05) is 10.6 Å².